The standard InChI is InChI=1S/C22H21N3O/c1-22(2,3)13-12-16-8-10-17(11-9-16)19-6-4-5-7-20(19)25-21(26)18-14-23-24-15-18/h4-11,14-15H,1-3H3,(H,23,24)(H,25,26). The van der Waals surface area contributed by atoms with E-state index in [1.54, 1.807) is 6.20 Å². The van der Waals surface area contributed by atoms with Crippen LogP contribution in [0.15, 0.2) is 60.9 Å². The van der Waals surface area contributed by atoms with Gasteiger partial charge in [0, 0.05) is 28.4 Å². The molecule has 1 amide bonds. The van der Waals surface area contributed by atoms with Crippen LogP contribution in [0.2, 0.25) is 0 Å². The molecule has 0 fully saturated rings. The summed E-state index contributed by atoms with van der Waals surface area (Å²) >= 11 is 0. The number of nitrogens with zero attached hydrogens (tertiary/aromatic N) is 1. The largest absolute Gasteiger partial charge is 0.321 e. The van der Waals surface area contributed by atoms with Crippen LogP contribution in [-0.2, 0) is 0 Å². The van der Waals surface area contributed by atoms with Gasteiger partial charge in [0.25, 0.3) is 5.91 Å². The zero-order valence-corrected chi connectivity index (χ0v) is 15.1. The van der Waals surface area contributed by atoms with Crippen LogP contribution in [0, 0.1) is 17.3 Å². The van der Waals surface area contributed by atoms with E-state index in [0.717, 1.165) is 22.4 Å². The van der Waals surface area contributed by atoms with Gasteiger partial charge < -0.3 is 5.32 Å². The summed E-state index contributed by atoms with van der Waals surface area (Å²) in [4.78, 5) is 12.3. The Morgan fingerprint density at radius 2 is 1.81 bits per heavy atom. The molecule has 0 spiro atoms. The quantitative estimate of drug-likeness (QED) is 0.676. The van der Waals surface area contributed by atoms with E-state index in [4.69, 9.17) is 0 Å². The molecule has 0 atom stereocenters. The van der Waals surface area contributed by atoms with Crippen molar-refractivity contribution in [1.82, 2.24) is 10.2 Å². The average Bonchev–Trinajstić information content (AvgIpc) is 3.15. The lowest BCUT2D eigenvalue weighted by Gasteiger charge is -2.11. The van der Waals surface area contributed by atoms with Crippen molar-refractivity contribution in [1.29, 1.82) is 0 Å². The first-order valence-electron chi connectivity index (χ1n) is 8.45. The van der Waals surface area contributed by atoms with Gasteiger partial charge in [0.05, 0.1) is 11.8 Å². The van der Waals surface area contributed by atoms with Crippen LogP contribution in [0.3, 0.4) is 0 Å². The number of benzene rings is 2. The number of amides is 1. The summed E-state index contributed by atoms with van der Waals surface area (Å²) in [6.07, 6.45) is 3.07. The lowest BCUT2D eigenvalue weighted by atomic mass is 9.97. The van der Waals surface area contributed by atoms with E-state index >= 15 is 0 Å². The van der Waals surface area contributed by atoms with Crippen molar-refractivity contribution in [2.24, 2.45) is 5.41 Å². The molecule has 0 aliphatic rings. The fraction of sp³-hybridized carbons (Fsp3) is 0.182. The Morgan fingerprint density at radius 3 is 2.46 bits per heavy atom. The number of anilines is 1. The van der Waals surface area contributed by atoms with E-state index in [9.17, 15) is 4.79 Å². The zero-order chi connectivity index (χ0) is 18.6. The molecular weight excluding hydrogens is 322 g/mol. The zero-order valence-electron chi connectivity index (χ0n) is 15.1. The molecule has 3 aromatic rings. The van der Waals surface area contributed by atoms with E-state index in [1.165, 1.54) is 6.20 Å². The molecule has 2 N–H and O–H groups in total. The van der Waals surface area contributed by atoms with Crippen LogP contribution in [0.25, 0.3) is 11.1 Å². The highest BCUT2D eigenvalue weighted by molar-refractivity contribution is 6.06. The van der Waals surface area contributed by atoms with Gasteiger partial charge in [0.2, 0.25) is 0 Å². The van der Waals surface area contributed by atoms with Crippen molar-refractivity contribution >= 4 is 11.6 Å². The first kappa shape index (κ1) is 17.5. The van der Waals surface area contributed by atoms with Crippen molar-refractivity contribution in [3.8, 4) is 23.0 Å². The Kier molecular flexibility index (Phi) is 4.90. The normalized spacial score (nSPS) is 10.7. The van der Waals surface area contributed by atoms with E-state index in [0.29, 0.717) is 5.56 Å². The van der Waals surface area contributed by atoms with Crippen molar-refractivity contribution < 1.29 is 4.79 Å². The molecule has 1 aromatic heterocycles. The molecule has 0 aliphatic carbocycles. The molecule has 3 rings (SSSR count). The maximum atomic E-state index is 12.3. The molecule has 0 aliphatic heterocycles. The maximum Gasteiger partial charge on any atom is 0.258 e. The van der Waals surface area contributed by atoms with Crippen LogP contribution in [-0.4, -0.2) is 16.1 Å². The van der Waals surface area contributed by atoms with Crippen LogP contribution < -0.4 is 5.32 Å². The molecule has 0 radical (unpaired) electrons. The SMILES string of the molecule is CC(C)(C)C#Cc1ccc(-c2ccccc2NC(=O)c2cn[nH]c2)cc1. The lowest BCUT2D eigenvalue weighted by molar-refractivity contribution is 0.102. The fourth-order valence-electron chi connectivity index (χ4n) is 2.41. The van der Waals surface area contributed by atoms with Crippen LogP contribution >= 0.6 is 0 Å². The van der Waals surface area contributed by atoms with Gasteiger partial charge in [-0.15, -0.1) is 0 Å². The summed E-state index contributed by atoms with van der Waals surface area (Å²) in [7, 11) is 0. The minimum atomic E-state index is -0.195. The van der Waals surface area contributed by atoms with Crippen molar-refractivity contribution in [3.05, 3.63) is 72.1 Å². The van der Waals surface area contributed by atoms with Crippen LogP contribution in [0.5, 0.6) is 0 Å². The molecule has 0 unspecified atom stereocenters. The Labute approximate surface area is 153 Å². The number of aromatic nitrogens is 2. The smallest absolute Gasteiger partial charge is 0.258 e. The minimum absolute atomic E-state index is 0.0252. The number of carbonyl (C=O) groups excluding carboxylic acids is 1. The van der Waals surface area contributed by atoms with Gasteiger partial charge >= 0.3 is 0 Å². The molecule has 0 bridgehead atoms. The number of H-pyrrole nitrogens is 1. The number of para-hydroxylation sites is 1. The fourth-order valence-corrected chi connectivity index (χ4v) is 2.41. The van der Waals surface area contributed by atoms with Gasteiger partial charge in [0.1, 0.15) is 0 Å². The predicted octanol–water partition coefficient (Wildman–Crippen LogP) is 4.73. The monoisotopic (exact) mass is 343 g/mol. The highest BCUT2D eigenvalue weighted by Gasteiger charge is 2.11. The Bertz CT molecular complexity index is 953. The number of rotatable bonds is 3. The van der Waals surface area contributed by atoms with Gasteiger partial charge in [-0.1, -0.05) is 42.2 Å². The first-order chi connectivity index (χ1) is 12.4. The molecule has 0 saturated heterocycles. The van der Waals surface area contributed by atoms with E-state index in [-0.39, 0.29) is 11.3 Å². The second kappa shape index (κ2) is 7.28. The molecule has 2 aromatic carbocycles. The van der Waals surface area contributed by atoms with Gasteiger partial charge in [-0.05, 0) is 44.5 Å². The van der Waals surface area contributed by atoms with Gasteiger partial charge in [-0.25, -0.2) is 0 Å². The summed E-state index contributed by atoms with van der Waals surface area (Å²) < 4.78 is 0. The number of nitrogens with one attached hydrogen (secondary N) is 2. The average molecular weight is 343 g/mol. The number of aromatic amines is 1. The van der Waals surface area contributed by atoms with Crippen molar-refractivity contribution in [2.75, 3.05) is 5.32 Å². The van der Waals surface area contributed by atoms with Crippen LogP contribution in [0.4, 0.5) is 5.69 Å². The third-order valence-electron chi connectivity index (χ3n) is 3.71. The minimum Gasteiger partial charge on any atom is -0.321 e. The first-order valence-corrected chi connectivity index (χ1v) is 8.45. The topological polar surface area (TPSA) is 57.8 Å². The highest BCUT2D eigenvalue weighted by atomic mass is 16.1. The Hall–Kier alpha value is -3.32. The third kappa shape index (κ3) is 4.40. The number of carbonyl (C=O) groups is 1. The molecule has 0 saturated carbocycles. The summed E-state index contributed by atoms with van der Waals surface area (Å²) in [5, 5.41) is 9.40. The molecule has 26 heavy (non-hydrogen) atoms. The lowest BCUT2D eigenvalue weighted by Crippen LogP contribution is -2.11. The summed E-state index contributed by atoms with van der Waals surface area (Å²) in [5.41, 5.74) is 4.18. The van der Waals surface area contributed by atoms with E-state index in [2.05, 4.69) is 48.1 Å². The molecule has 130 valence electrons. The highest BCUT2D eigenvalue weighted by Crippen LogP contribution is 2.28. The van der Waals surface area contributed by atoms with Gasteiger partial charge in [-0.2, -0.15) is 5.10 Å². The van der Waals surface area contributed by atoms with Crippen LogP contribution in [0.1, 0.15) is 36.7 Å². The second-order valence-electron chi connectivity index (χ2n) is 7.06. The molecule has 1 heterocycles. The summed E-state index contributed by atoms with van der Waals surface area (Å²) in [5.74, 6) is 6.24. The Morgan fingerprint density at radius 1 is 1.08 bits per heavy atom. The van der Waals surface area contributed by atoms with Gasteiger partial charge in [-0.3, -0.25) is 9.89 Å². The molecular formula is C22H21N3O. The molecule has 4 heteroatoms. The molecule has 4 nitrogen and oxygen atoms in total. The van der Waals surface area contributed by atoms with Crippen molar-refractivity contribution in [3.63, 3.8) is 0 Å². The van der Waals surface area contributed by atoms with Gasteiger partial charge in [0.15, 0.2) is 0 Å². The number of hydrogen-bond acceptors (Lipinski definition) is 2. The second-order valence-corrected chi connectivity index (χ2v) is 7.06. The summed E-state index contributed by atoms with van der Waals surface area (Å²) in [6, 6.07) is 15.8. The maximum absolute atomic E-state index is 12.3. The third-order valence-corrected chi connectivity index (χ3v) is 3.71. The van der Waals surface area contributed by atoms with E-state index in [1.807, 2.05) is 48.5 Å². The summed E-state index contributed by atoms with van der Waals surface area (Å²) in [6.45, 7) is 6.27. The van der Waals surface area contributed by atoms with E-state index < -0.39 is 0 Å². The predicted molar refractivity (Wildman–Crippen MR) is 105 cm³/mol. The number of hydrogen-bond donors (Lipinski definition) is 2. The Balaban J connectivity index is 1.85. The van der Waals surface area contributed by atoms with Crippen molar-refractivity contribution in [2.45, 2.75) is 20.8 Å².